The third kappa shape index (κ3) is 2.79. The number of carbonyl (C=O) groups excluding carboxylic acids is 1. The normalized spacial score (nSPS) is 13.3. The molecule has 0 radical (unpaired) electrons. The number of nitrogens with one attached hydrogen (secondary N) is 1. The van der Waals surface area contributed by atoms with Crippen LogP contribution >= 0.6 is 0 Å². The highest BCUT2D eigenvalue weighted by atomic mass is 19.2. The minimum Gasteiger partial charge on any atom is -0.308 e. The van der Waals surface area contributed by atoms with Gasteiger partial charge < -0.3 is 5.73 Å². The van der Waals surface area contributed by atoms with E-state index in [1.807, 2.05) is 0 Å². The van der Waals surface area contributed by atoms with Gasteiger partial charge in [-0.3, -0.25) is 10.1 Å². The maximum atomic E-state index is 12.6. The molecule has 1 atom stereocenters. The Morgan fingerprint density at radius 2 is 2.09 bits per heavy atom. The third-order valence-electron chi connectivity index (χ3n) is 1.11. The van der Waals surface area contributed by atoms with Crippen LogP contribution < -0.4 is 11.1 Å². The van der Waals surface area contributed by atoms with Crippen LogP contribution in [0.3, 0.4) is 0 Å². The summed E-state index contributed by atoms with van der Waals surface area (Å²) >= 11 is 0. The van der Waals surface area contributed by atoms with Crippen LogP contribution in [-0.4, -0.2) is 43.5 Å². The summed E-state index contributed by atoms with van der Waals surface area (Å²) in [6.45, 7) is 0. The lowest BCUT2D eigenvalue weighted by molar-refractivity contribution is -0.184. The van der Waals surface area contributed by atoms with Crippen LogP contribution in [0, 0.1) is 0 Å². The number of halogens is 1. The van der Waals surface area contributed by atoms with Crippen molar-refractivity contribution < 1.29 is 9.28 Å². The maximum Gasteiger partial charge on any atom is 0.297 e. The molecule has 0 fully saturated rings. The SMILES string of the molecule is CNC(N)C(=O)N(F)N(C)C. The van der Waals surface area contributed by atoms with Gasteiger partial charge in [-0.15, -0.1) is 0 Å². The highest BCUT2D eigenvalue weighted by Crippen LogP contribution is 1.93. The van der Waals surface area contributed by atoms with Gasteiger partial charge in [-0.05, 0) is 7.05 Å². The number of hydrogen-bond acceptors (Lipinski definition) is 4. The van der Waals surface area contributed by atoms with Crippen molar-refractivity contribution in [3.63, 3.8) is 0 Å². The smallest absolute Gasteiger partial charge is 0.297 e. The van der Waals surface area contributed by atoms with Crippen molar-refractivity contribution in [2.75, 3.05) is 21.1 Å². The molecule has 0 rings (SSSR count). The Hall–Kier alpha value is -0.720. The Morgan fingerprint density at radius 1 is 1.64 bits per heavy atom. The van der Waals surface area contributed by atoms with E-state index in [4.69, 9.17) is 5.73 Å². The van der Waals surface area contributed by atoms with Gasteiger partial charge in [-0.2, -0.15) is 5.01 Å². The second kappa shape index (κ2) is 4.22. The van der Waals surface area contributed by atoms with Crippen LogP contribution in [0.15, 0.2) is 0 Å². The molecule has 0 aromatic carbocycles. The maximum absolute atomic E-state index is 12.6. The summed E-state index contributed by atoms with van der Waals surface area (Å²) in [5, 5.41) is 3.37. The van der Waals surface area contributed by atoms with Crippen LogP contribution in [0.1, 0.15) is 0 Å². The number of likely N-dealkylation sites (N-methyl/N-ethyl adjacent to an activating group) is 1. The Bertz CT molecular complexity index is 140. The molecule has 1 unspecified atom stereocenters. The van der Waals surface area contributed by atoms with E-state index < -0.39 is 12.1 Å². The van der Waals surface area contributed by atoms with Gasteiger partial charge in [-0.1, -0.05) is 9.71 Å². The van der Waals surface area contributed by atoms with E-state index >= 15 is 0 Å². The summed E-state index contributed by atoms with van der Waals surface area (Å²) in [7, 11) is 4.28. The Morgan fingerprint density at radius 3 is 2.36 bits per heavy atom. The fourth-order valence-corrected chi connectivity index (χ4v) is 0.435. The predicted molar refractivity (Wildman–Crippen MR) is 38.7 cm³/mol. The molecule has 3 N–H and O–H groups in total. The lowest BCUT2D eigenvalue weighted by Gasteiger charge is -2.21. The van der Waals surface area contributed by atoms with Crippen molar-refractivity contribution in [3.8, 4) is 0 Å². The first kappa shape index (κ1) is 10.3. The molecule has 0 aliphatic carbocycles. The summed E-state index contributed by atoms with van der Waals surface area (Å²) in [5.41, 5.74) is 5.19. The van der Waals surface area contributed by atoms with E-state index in [1.165, 1.54) is 21.1 Å². The standard InChI is InChI=1S/C5H13FN4O/c1-8-4(7)5(11)10(6)9(2)3/h4,8H,7H2,1-3H3. The van der Waals surface area contributed by atoms with Crippen molar-refractivity contribution in [1.82, 2.24) is 15.6 Å². The molecular weight excluding hydrogens is 151 g/mol. The summed E-state index contributed by atoms with van der Waals surface area (Å²) in [5.74, 6) is -0.822. The summed E-state index contributed by atoms with van der Waals surface area (Å²) < 4.78 is 12.6. The fraction of sp³-hybridized carbons (Fsp3) is 0.800. The summed E-state index contributed by atoms with van der Waals surface area (Å²) in [6.07, 6.45) is -0.998. The van der Waals surface area contributed by atoms with Gasteiger partial charge in [0, 0.05) is 14.1 Å². The lowest BCUT2D eigenvalue weighted by Crippen LogP contribution is -2.51. The van der Waals surface area contributed by atoms with E-state index in [2.05, 4.69) is 5.32 Å². The molecule has 0 aromatic rings. The van der Waals surface area contributed by atoms with Crippen LogP contribution in [0.2, 0.25) is 0 Å². The Labute approximate surface area is 64.8 Å². The monoisotopic (exact) mass is 164 g/mol. The van der Waals surface area contributed by atoms with E-state index in [0.717, 1.165) is 5.01 Å². The molecule has 0 aromatic heterocycles. The molecule has 0 saturated carbocycles. The molecule has 0 heterocycles. The van der Waals surface area contributed by atoms with E-state index in [9.17, 15) is 9.28 Å². The molecule has 0 saturated heterocycles. The zero-order valence-corrected chi connectivity index (χ0v) is 6.84. The number of rotatable bonds is 3. The molecule has 0 aliphatic rings. The zero-order chi connectivity index (χ0) is 9.02. The van der Waals surface area contributed by atoms with Gasteiger partial charge in [0.2, 0.25) is 0 Å². The number of nitrogens with two attached hydrogens (primary N) is 1. The minimum absolute atomic E-state index is 0.0544. The van der Waals surface area contributed by atoms with Gasteiger partial charge in [0.25, 0.3) is 5.91 Å². The van der Waals surface area contributed by atoms with Gasteiger partial charge in [-0.25, -0.2) is 0 Å². The minimum atomic E-state index is -0.998. The van der Waals surface area contributed by atoms with Gasteiger partial charge in [0.1, 0.15) is 6.17 Å². The second-order valence-electron chi connectivity index (χ2n) is 2.21. The molecule has 0 aliphatic heterocycles. The summed E-state index contributed by atoms with van der Waals surface area (Å²) in [6, 6.07) is 0. The van der Waals surface area contributed by atoms with Crippen LogP contribution in [0.25, 0.3) is 0 Å². The number of amides is 1. The average Bonchev–Trinajstić information content (AvgIpc) is 2.00. The molecule has 0 bridgehead atoms. The van der Waals surface area contributed by atoms with Crippen molar-refractivity contribution in [3.05, 3.63) is 0 Å². The fourth-order valence-electron chi connectivity index (χ4n) is 0.435. The topological polar surface area (TPSA) is 61.6 Å². The molecule has 66 valence electrons. The highest BCUT2D eigenvalue weighted by molar-refractivity contribution is 5.79. The van der Waals surface area contributed by atoms with Crippen LogP contribution in [-0.2, 0) is 4.79 Å². The lowest BCUT2D eigenvalue weighted by atomic mass is 10.5. The quantitative estimate of drug-likeness (QED) is 0.308. The van der Waals surface area contributed by atoms with Gasteiger partial charge in [0.15, 0.2) is 0 Å². The number of nitrogens with zero attached hydrogens (tertiary/aromatic N) is 2. The first-order chi connectivity index (χ1) is 5.00. The van der Waals surface area contributed by atoms with E-state index in [1.54, 1.807) is 0 Å². The average molecular weight is 164 g/mol. The van der Waals surface area contributed by atoms with Crippen LogP contribution in [0.4, 0.5) is 4.48 Å². The number of hydrazine groups is 1. The van der Waals surface area contributed by atoms with Crippen molar-refractivity contribution in [1.29, 1.82) is 0 Å². The molecular formula is C5H13FN4O. The first-order valence-corrected chi connectivity index (χ1v) is 3.10. The molecule has 6 heteroatoms. The van der Waals surface area contributed by atoms with Crippen molar-refractivity contribution >= 4 is 5.91 Å². The largest absolute Gasteiger partial charge is 0.308 e. The Balaban J connectivity index is 4.02. The summed E-state index contributed by atoms with van der Waals surface area (Å²) in [4.78, 5) is 10.8. The second-order valence-corrected chi connectivity index (χ2v) is 2.21. The van der Waals surface area contributed by atoms with Gasteiger partial charge >= 0.3 is 0 Å². The van der Waals surface area contributed by atoms with Crippen LogP contribution in [0.5, 0.6) is 0 Å². The molecule has 5 nitrogen and oxygen atoms in total. The highest BCUT2D eigenvalue weighted by Gasteiger charge is 2.20. The van der Waals surface area contributed by atoms with Crippen molar-refractivity contribution in [2.24, 2.45) is 5.73 Å². The molecule has 0 spiro atoms. The molecule has 1 amide bonds. The van der Waals surface area contributed by atoms with E-state index in [-0.39, 0.29) is 5.23 Å². The van der Waals surface area contributed by atoms with Gasteiger partial charge in [0.05, 0.1) is 0 Å². The number of carbonyl (C=O) groups is 1. The number of hydrogen-bond donors (Lipinski definition) is 2. The third-order valence-corrected chi connectivity index (χ3v) is 1.11. The zero-order valence-electron chi connectivity index (χ0n) is 6.84. The molecule has 11 heavy (non-hydrogen) atoms. The predicted octanol–water partition coefficient (Wildman–Crippen LogP) is -1.32. The first-order valence-electron chi connectivity index (χ1n) is 3.10. The Kier molecular flexibility index (Phi) is 3.94. The van der Waals surface area contributed by atoms with E-state index in [0.29, 0.717) is 0 Å². The van der Waals surface area contributed by atoms with Crippen molar-refractivity contribution in [2.45, 2.75) is 6.17 Å².